The molecule has 3 saturated heterocycles. The van der Waals surface area contributed by atoms with Gasteiger partial charge in [-0.05, 0) is 43.6 Å². The van der Waals surface area contributed by atoms with Crippen molar-refractivity contribution in [3.05, 3.63) is 35.4 Å². The van der Waals surface area contributed by atoms with Crippen LogP contribution in [-0.4, -0.2) is 80.9 Å². The summed E-state index contributed by atoms with van der Waals surface area (Å²) >= 11 is 0. The minimum atomic E-state index is -0.317. The van der Waals surface area contributed by atoms with Crippen molar-refractivity contribution in [3.8, 4) is 0 Å². The standard InChI is InChI=1S/C22H30N2O5/c1-27-20(25)18-4-2-17(3-5-18)15-23-8-6-22(7-9-23)14-19(29-21(22)26)16-24-10-12-28-13-11-24/h2-5,19H,6-16H2,1H3. The zero-order valence-corrected chi connectivity index (χ0v) is 17.1. The van der Waals surface area contributed by atoms with Gasteiger partial charge in [-0.15, -0.1) is 0 Å². The highest BCUT2D eigenvalue weighted by Crippen LogP contribution is 2.43. The van der Waals surface area contributed by atoms with E-state index in [0.29, 0.717) is 5.56 Å². The number of likely N-dealkylation sites (tertiary alicyclic amines) is 1. The van der Waals surface area contributed by atoms with Crippen LogP contribution in [0, 0.1) is 5.41 Å². The molecule has 0 bridgehead atoms. The van der Waals surface area contributed by atoms with E-state index in [1.165, 1.54) is 7.11 Å². The first-order valence-corrected chi connectivity index (χ1v) is 10.5. The van der Waals surface area contributed by atoms with Crippen molar-refractivity contribution >= 4 is 11.9 Å². The van der Waals surface area contributed by atoms with E-state index in [4.69, 9.17) is 14.2 Å². The lowest BCUT2D eigenvalue weighted by atomic mass is 9.76. The van der Waals surface area contributed by atoms with Gasteiger partial charge in [-0.25, -0.2) is 4.79 Å². The molecule has 3 aliphatic heterocycles. The molecule has 1 atom stereocenters. The molecular weight excluding hydrogens is 372 g/mol. The molecule has 1 aromatic rings. The first kappa shape index (κ1) is 20.3. The summed E-state index contributed by atoms with van der Waals surface area (Å²) in [7, 11) is 1.39. The molecule has 0 amide bonds. The molecular formula is C22H30N2O5. The number of morpholine rings is 1. The number of hydrogen-bond donors (Lipinski definition) is 0. The van der Waals surface area contributed by atoms with Gasteiger partial charge in [-0.3, -0.25) is 14.6 Å². The molecule has 1 spiro atoms. The van der Waals surface area contributed by atoms with Crippen LogP contribution in [0.3, 0.4) is 0 Å². The second-order valence-corrected chi connectivity index (χ2v) is 8.39. The molecule has 0 aliphatic carbocycles. The third kappa shape index (κ3) is 4.63. The van der Waals surface area contributed by atoms with Gasteiger partial charge in [0.15, 0.2) is 0 Å². The monoisotopic (exact) mass is 402 g/mol. The fraction of sp³-hybridized carbons (Fsp3) is 0.636. The van der Waals surface area contributed by atoms with Crippen molar-refractivity contribution in [2.75, 3.05) is 53.0 Å². The van der Waals surface area contributed by atoms with Crippen LogP contribution in [0.4, 0.5) is 0 Å². The number of rotatable bonds is 5. The van der Waals surface area contributed by atoms with Gasteiger partial charge in [0.1, 0.15) is 6.10 Å². The summed E-state index contributed by atoms with van der Waals surface area (Å²) < 4.78 is 15.9. The van der Waals surface area contributed by atoms with Crippen molar-refractivity contribution in [3.63, 3.8) is 0 Å². The average Bonchev–Trinajstić information content (AvgIpc) is 3.05. The fourth-order valence-electron chi connectivity index (χ4n) is 4.68. The summed E-state index contributed by atoms with van der Waals surface area (Å²) in [5.41, 5.74) is 1.42. The number of cyclic esters (lactones) is 1. The lowest BCUT2D eigenvalue weighted by Crippen LogP contribution is -2.43. The molecule has 0 saturated carbocycles. The summed E-state index contributed by atoms with van der Waals surface area (Å²) in [5, 5.41) is 0. The summed E-state index contributed by atoms with van der Waals surface area (Å²) in [6.45, 7) is 6.79. The molecule has 3 fully saturated rings. The van der Waals surface area contributed by atoms with E-state index in [0.717, 1.165) is 77.3 Å². The molecule has 29 heavy (non-hydrogen) atoms. The predicted molar refractivity (Wildman–Crippen MR) is 106 cm³/mol. The Bertz CT molecular complexity index is 721. The number of piperidine rings is 1. The molecule has 4 rings (SSSR count). The second-order valence-electron chi connectivity index (χ2n) is 8.39. The van der Waals surface area contributed by atoms with E-state index >= 15 is 0 Å². The Hall–Kier alpha value is -1.96. The number of benzene rings is 1. The van der Waals surface area contributed by atoms with Gasteiger partial charge in [0.2, 0.25) is 0 Å². The van der Waals surface area contributed by atoms with Crippen molar-refractivity contribution in [1.82, 2.24) is 9.80 Å². The van der Waals surface area contributed by atoms with Crippen LogP contribution >= 0.6 is 0 Å². The SMILES string of the molecule is COC(=O)c1ccc(CN2CCC3(CC2)CC(CN2CCOCC2)OC3=O)cc1. The third-order valence-electron chi connectivity index (χ3n) is 6.49. The Morgan fingerprint density at radius 1 is 1.10 bits per heavy atom. The number of esters is 2. The highest BCUT2D eigenvalue weighted by Gasteiger charge is 2.50. The van der Waals surface area contributed by atoms with E-state index in [9.17, 15) is 9.59 Å². The van der Waals surface area contributed by atoms with E-state index in [1.54, 1.807) is 12.1 Å². The Labute approximate surface area is 171 Å². The van der Waals surface area contributed by atoms with Crippen molar-refractivity contribution < 1.29 is 23.8 Å². The summed E-state index contributed by atoms with van der Waals surface area (Å²) in [6, 6.07) is 7.55. The number of nitrogens with zero attached hydrogens (tertiary/aromatic N) is 2. The third-order valence-corrected chi connectivity index (χ3v) is 6.49. The van der Waals surface area contributed by atoms with Crippen LogP contribution < -0.4 is 0 Å². The first-order chi connectivity index (χ1) is 14.1. The fourth-order valence-corrected chi connectivity index (χ4v) is 4.68. The number of methoxy groups -OCH3 is 1. The number of ether oxygens (including phenoxy) is 3. The number of carbonyl (C=O) groups excluding carboxylic acids is 2. The van der Waals surface area contributed by atoms with Crippen LogP contribution in [0.25, 0.3) is 0 Å². The van der Waals surface area contributed by atoms with E-state index in [1.807, 2.05) is 12.1 Å². The van der Waals surface area contributed by atoms with Gasteiger partial charge in [0, 0.05) is 32.6 Å². The van der Waals surface area contributed by atoms with Gasteiger partial charge in [0.05, 0.1) is 31.3 Å². The lowest BCUT2D eigenvalue weighted by molar-refractivity contribution is -0.151. The molecule has 1 aromatic carbocycles. The summed E-state index contributed by atoms with van der Waals surface area (Å²) in [5.74, 6) is -0.319. The molecule has 3 heterocycles. The molecule has 0 aromatic heterocycles. The maximum atomic E-state index is 12.7. The minimum absolute atomic E-state index is 0.00200. The van der Waals surface area contributed by atoms with Crippen molar-refractivity contribution in [2.24, 2.45) is 5.41 Å². The van der Waals surface area contributed by atoms with Gasteiger partial charge in [-0.1, -0.05) is 12.1 Å². The van der Waals surface area contributed by atoms with Gasteiger partial charge in [0.25, 0.3) is 0 Å². The Morgan fingerprint density at radius 3 is 2.45 bits per heavy atom. The molecule has 3 aliphatic rings. The molecule has 158 valence electrons. The Kier molecular flexibility index (Phi) is 6.18. The van der Waals surface area contributed by atoms with Crippen molar-refractivity contribution in [1.29, 1.82) is 0 Å². The van der Waals surface area contributed by atoms with E-state index in [2.05, 4.69) is 9.80 Å². The summed E-state index contributed by atoms with van der Waals surface area (Å²) in [6.07, 6.45) is 2.56. The predicted octanol–water partition coefficient (Wildman–Crippen LogP) is 1.70. The maximum Gasteiger partial charge on any atom is 0.337 e. The highest BCUT2D eigenvalue weighted by atomic mass is 16.6. The molecule has 7 nitrogen and oxygen atoms in total. The maximum absolute atomic E-state index is 12.7. The number of carbonyl (C=O) groups is 2. The van der Waals surface area contributed by atoms with Gasteiger partial charge >= 0.3 is 11.9 Å². The number of hydrogen-bond acceptors (Lipinski definition) is 7. The van der Waals surface area contributed by atoms with Gasteiger partial charge < -0.3 is 14.2 Å². The van der Waals surface area contributed by atoms with Crippen LogP contribution in [0.2, 0.25) is 0 Å². The lowest BCUT2D eigenvalue weighted by Gasteiger charge is -2.36. The normalized spacial score (nSPS) is 25.1. The molecule has 7 heteroatoms. The highest BCUT2D eigenvalue weighted by molar-refractivity contribution is 5.89. The van der Waals surface area contributed by atoms with Crippen LogP contribution in [0.1, 0.15) is 35.2 Å². The minimum Gasteiger partial charge on any atom is -0.465 e. The molecule has 0 radical (unpaired) electrons. The Morgan fingerprint density at radius 2 is 1.79 bits per heavy atom. The quantitative estimate of drug-likeness (QED) is 0.695. The smallest absolute Gasteiger partial charge is 0.337 e. The van der Waals surface area contributed by atoms with Crippen LogP contribution in [-0.2, 0) is 25.5 Å². The van der Waals surface area contributed by atoms with Crippen molar-refractivity contribution in [2.45, 2.75) is 31.9 Å². The second kappa shape index (κ2) is 8.81. The zero-order valence-electron chi connectivity index (χ0n) is 17.1. The molecule has 1 unspecified atom stereocenters. The topological polar surface area (TPSA) is 68.3 Å². The van der Waals surface area contributed by atoms with E-state index < -0.39 is 0 Å². The van der Waals surface area contributed by atoms with Crippen LogP contribution in [0.15, 0.2) is 24.3 Å². The van der Waals surface area contributed by atoms with E-state index in [-0.39, 0.29) is 23.5 Å². The first-order valence-electron chi connectivity index (χ1n) is 10.5. The summed E-state index contributed by atoms with van der Waals surface area (Å²) in [4.78, 5) is 28.9. The zero-order chi connectivity index (χ0) is 20.3. The van der Waals surface area contributed by atoms with Crippen LogP contribution in [0.5, 0.6) is 0 Å². The van der Waals surface area contributed by atoms with Gasteiger partial charge in [-0.2, -0.15) is 0 Å². The largest absolute Gasteiger partial charge is 0.465 e. The molecule has 0 N–H and O–H groups in total. The average molecular weight is 402 g/mol. The Balaban J connectivity index is 1.28.